The number of imidazole rings is 1. The number of aromatic nitrogens is 2. The number of thiophene rings is 1. The van der Waals surface area contributed by atoms with Crippen molar-refractivity contribution in [2.24, 2.45) is 0 Å². The van der Waals surface area contributed by atoms with E-state index < -0.39 is 0 Å². The minimum absolute atomic E-state index is 0.689. The molecule has 2 heterocycles. The Morgan fingerprint density at radius 2 is 2.11 bits per heavy atom. The van der Waals surface area contributed by atoms with E-state index >= 15 is 0 Å². The third-order valence-electron chi connectivity index (χ3n) is 2.80. The number of para-hydroxylation sites is 2. The van der Waals surface area contributed by atoms with Crippen LogP contribution in [-0.4, -0.2) is 9.97 Å². The molecule has 4 nitrogen and oxygen atoms in total. The van der Waals surface area contributed by atoms with Crippen LogP contribution in [0.5, 0.6) is 0 Å². The van der Waals surface area contributed by atoms with Crippen LogP contribution in [0.4, 0.5) is 0 Å². The normalized spacial score (nSPS) is 10.7. The summed E-state index contributed by atoms with van der Waals surface area (Å²) in [4.78, 5) is 9.68. The Balaban J connectivity index is 1.61. The Labute approximate surface area is 114 Å². The van der Waals surface area contributed by atoms with Gasteiger partial charge in [0, 0.05) is 11.4 Å². The minimum atomic E-state index is 0.689. The Bertz CT molecular complexity index is 702. The second-order valence-electron chi connectivity index (χ2n) is 4.18. The summed E-state index contributed by atoms with van der Waals surface area (Å²) < 4.78 is 0. The summed E-state index contributed by atoms with van der Waals surface area (Å²) in [5.74, 6) is 0.929. The van der Waals surface area contributed by atoms with Crippen LogP contribution in [0.15, 0.2) is 36.4 Å². The molecule has 0 aliphatic carbocycles. The van der Waals surface area contributed by atoms with E-state index in [9.17, 15) is 0 Å². The van der Waals surface area contributed by atoms with Crippen LogP contribution in [0.1, 0.15) is 15.6 Å². The van der Waals surface area contributed by atoms with Crippen LogP contribution in [0.3, 0.4) is 0 Å². The molecule has 2 N–H and O–H groups in total. The number of H-pyrrole nitrogens is 1. The van der Waals surface area contributed by atoms with Gasteiger partial charge in [-0.15, -0.1) is 11.3 Å². The van der Waals surface area contributed by atoms with Crippen LogP contribution in [0, 0.1) is 11.3 Å². The molecule has 1 aromatic carbocycles. The zero-order chi connectivity index (χ0) is 13.1. The lowest BCUT2D eigenvalue weighted by molar-refractivity contribution is 0.677. The van der Waals surface area contributed by atoms with Gasteiger partial charge in [0.1, 0.15) is 16.8 Å². The average Bonchev–Trinajstić information content (AvgIpc) is 3.04. The molecule has 0 unspecified atom stereocenters. The monoisotopic (exact) mass is 268 g/mol. The summed E-state index contributed by atoms with van der Waals surface area (Å²) >= 11 is 1.52. The van der Waals surface area contributed by atoms with Crippen LogP contribution in [0.25, 0.3) is 11.0 Å². The van der Waals surface area contributed by atoms with Gasteiger partial charge in [0.05, 0.1) is 17.6 Å². The van der Waals surface area contributed by atoms with E-state index in [1.54, 1.807) is 0 Å². The van der Waals surface area contributed by atoms with Crippen molar-refractivity contribution in [3.63, 3.8) is 0 Å². The molecule has 0 spiro atoms. The summed E-state index contributed by atoms with van der Waals surface area (Å²) in [6.07, 6.45) is 0. The van der Waals surface area contributed by atoms with Gasteiger partial charge in [0.2, 0.25) is 0 Å². The van der Waals surface area contributed by atoms with E-state index in [0.717, 1.165) is 33.2 Å². The number of nitrogens with one attached hydrogen (secondary N) is 2. The topological polar surface area (TPSA) is 64.5 Å². The molecule has 3 aromatic rings. The second-order valence-corrected chi connectivity index (χ2v) is 5.35. The fourth-order valence-corrected chi connectivity index (χ4v) is 2.70. The second kappa shape index (κ2) is 5.22. The molecule has 5 heteroatoms. The van der Waals surface area contributed by atoms with Gasteiger partial charge >= 0.3 is 0 Å². The van der Waals surface area contributed by atoms with Crippen LogP contribution in [0.2, 0.25) is 0 Å². The molecule has 2 aromatic heterocycles. The number of nitrogens with zero attached hydrogens (tertiary/aromatic N) is 2. The molecule has 0 saturated heterocycles. The number of nitriles is 1. The summed E-state index contributed by atoms with van der Waals surface area (Å²) in [5, 5.41) is 12.1. The summed E-state index contributed by atoms with van der Waals surface area (Å²) in [6, 6.07) is 14.0. The predicted molar refractivity (Wildman–Crippen MR) is 75.7 cm³/mol. The van der Waals surface area contributed by atoms with E-state index in [0.29, 0.717) is 6.54 Å². The van der Waals surface area contributed by atoms with Crippen LogP contribution in [-0.2, 0) is 13.1 Å². The van der Waals surface area contributed by atoms with Gasteiger partial charge in [-0.1, -0.05) is 12.1 Å². The zero-order valence-electron chi connectivity index (χ0n) is 10.2. The third-order valence-corrected chi connectivity index (χ3v) is 3.79. The molecule has 0 aliphatic heterocycles. The number of aromatic amines is 1. The Kier molecular flexibility index (Phi) is 3.27. The van der Waals surface area contributed by atoms with E-state index in [2.05, 4.69) is 21.4 Å². The Hall–Kier alpha value is -2.16. The van der Waals surface area contributed by atoms with Gasteiger partial charge in [-0.25, -0.2) is 4.98 Å². The van der Waals surface area contributed by atoms with E-state index in [1.165, 1.54) is 11.3 Å². The predicted octanol–water partition coefficient (Wildman–Crippen LogP) is 2.79. The van der Waals surface area contributed by atoms with Crippen molar-refractivity contribution >= 4 is 22.4 Å². The van der Waals surface area contributed by atoms with Gasteiger partial charge in [-0.3, -0.25) is 0 Å². The molecule has 0 radical (unpaired) electrons. The van der Waals surface area contributed by atoms with Crippen molar-refractivity contribution in [3.05, 3.63) is 52.0 Å². The quantitative estimate of drug-likeness (QED) is 0.764. The van der Waals surface area contributed by atoms with Crippen molar-refractivity contribution in [2.75, 3.05) is 0 Å². The maximum atomic E-state index is 8.76. The van der Waals surface area contributed by atoms with Crippen LogP contribution < -0.4 is 5.32 Å². The minimum Gasteiger partial charge on any atom is -0.341 e. The van der Waals surface area contributed by atoms with Gasteiger partial charge < -0.3 is 10.3 Å². The number of fused-ring (bicyclic) bond motifs is 1. The summed E-state index contributed by atoms with van der Waals surface area (Å²) in [6.45, 7) is 1.44. The Morgan fingerprint density at radius 3 is 2.89 bits per heavy atom. The number of hydrogen-bond acceptors (Lipinski definition) is 4. The SMILES string of the molecule is N#Cc1ccc(CNCc2nc3ccccc3[nH]2)s1. The van der Waals surface area contributed by atoms with Crippen molar-refractivity contribution < 1.29 is 0 Å². The van der Waals surface area contributed by atoms with E-state index in [1.807, 2.05) is 36.4 Å². The number of hydrogen-bond donors (Lipinski definition) is 2. The van der Waals surface area contributed by atoms with Gasteiger partial charge in [-0.05, 0) is 24.3 Å². The number of benzene rings is 1. The van der Waals surface area contributed by atoms with Gasteiger partial charge in [0.15, 0.2) is 0 Å². The zero-order valence-corrected chi connectivity index (χ0v) is 11.0. The molecule has 19 heavy (non-hydrogen) atoms. The highest BCUT2D eigenvalue weighted by Gasteiger charge is 2.02. The summed E-state index contributed by atoms with van der Waals surface area (Å²) in [7, 11) is 0. The molecule has 0 saturated carbocycles. The lowest BCUT2D eigenvalue weighted by Gasteiger charge is -1.99. The van der Waals surface area contributed by atoms with Gasteiger partial charge in [0.25, 0.3) is 0 Å². The van der Waals surface area contributed by atoms with Crippen LogP contribution >= 0.6 is 11.3 Å². The van der Waals surface area contributed by atoms with Crippen molar-refractivity contribution in [3.8, 4) is 6.07 Å². The molecule has 0 bridgehead atoms. The van der Waals surface area contributed by atoms with Crippen molar-refractivity contribution in [2.45, 2.75) is 13.1 Å². The maximum Gasteiger partial charge on any atom is 0.121 e. The first-order valence-electron chi connectivity index (χ1n) is 5.98. The maximum absolute atomic E-state index is 8.76. The van der Waals surface area contributed by atoms with Crippen molar-refractivity contribution in [1.82, 2.24) is 15.3 Å². The molecule has 3 rings (SSSR count). The molecular weight excluding hydrogens is 256 g/mol. The lowest BCUT2D eigenvalue weighted by atomic mass is 10.3. The Morgan fingerprint density at radius 1 is 1.21 bits per heavy atom. The lowest BCUT2D eigenvalue weighted by Crippen LogP contribution is -2.12. The largest absolute Gasteiger partial charge is 0.341 e. The highest BCUT2D eigenvalue weighted by molar-refractivity contribution is 7.12. The first-order chi connectivity index (χ1) is 9.35. The molecule has 0 amide bonds. The van der Waals surface area contributed by atoms with E-state index in [-0.39, 0.29) is 0 Å². The molecular formula is C14H12N4S. The highest BCUT2D eigenvalue weighted by Crippen LogP contribution is 2.15. The number of rotatable bonds is 4. The average molecular weight is 268 g/mol. The molecule has 0 aliphatic rings. The fraction of sp³-hybridized carbons (Fsp3) is 0.143. The molecule has 94 valence electrons. The highest BCUT2D eigenvalue weighted by atomic mass is 32.1. The standard InChI is InChI=1S/C14H12N4S/c15-7-10-5-6-11(19-10)8-16-9-14-17-12-3-1-2-4-13(12)18-14/h1-6,16H,8-9H2,(H,17,18). The smallest absolute Gasteiger partial charge is 0.121 e. The first-order valence-corrected chi connectivity index (χ1v) is 6.80. The first kappa shape index (κ1) is 11.9. The van der Waals surface area contributed by atoms with Gasteiger partial charge in [-0.2, -0.15) is 5.26 Å². The molecule has 0 fully saturated rings. The third kappa shape index (κ3) is 2.65. The summed E-state index contributed by atoms with van der Waals surface area (Å²) in [5.41, 5.74) is 2.05. The fourth-order valence-electron chi connectivity index (χ4n) is 1.93. The molecule has 0 atom stereocenters. The van der Waals surface area contributed by atoms with Crippen molar-refractivity contribution in [1.29, 1.82) is 5.26 Å². The van der Waals surface area contributed by atoms with E-state index in [4.69, 9.17) is 5.26 Å².